The molecule has 1 aliphatic carbocycles. The summed E-state index contributed by atoms with van der Waals surface area (Å²) in [6, 6.07) is 1.94. The van der Waals surface area contributed by atoms with E-state index in [1.807, 2.05) is 19.9 Å². The number of hydrogen-bond donors (Lipinski definition) is 1. The van der Waals surface area contributed by atoms with Crippen molar-refractivity contribution in [2.45, 2.75) is 59.3 Å². The maximum atomic E-state index is 12.6. The second-order valence-electron chi connectivity index (χ2n) is 6.98. The maximum absolute atomic E-state index is 12.6. The topological polar surface area (TPSA) is 67.5 Å². The van der Waals surface area contributed by atoms with Gasteiger partial charge in [-0.2, -0.15) is 0 Å². The molecule has 0 saturated heterocycles. The lowest BCUT2D eigenvalue weighted by Crippen LogP contribution is -2.24. The second-order valence-corrected chi connectivity index (χ2v) is 6.98. The summed E-state index contributed by atoms with van der Waals surface area (Å²) in [7, 11) is 0. The Kier molecular flexibility index (Phi) is 4.55. The van der Waals surface area contributed by atoms with E-state index >= 15 is 0 Å². The van der Waals surface area contributed by atoms with Crippen molar-refractivity contribution in [3.8, 4) is 0 Å². The summed E-state index contributed by atoms with van der Waals surface area (Å²) in [5, 5.41) is 11.5. The van der Waals surface area contributed by atoms with Crippen LogP contribution in [0.5, 0.6) is 0 Å². The minimum atomic E-state index is -0.260. The fraction of sp³-hybridized carbons (Fsp3) is 0.429. The predicted octanol–water partition coefficient (Wildman–Crippen LogP) is 4.99. The first-order chi connectivity index (χ1) is 11.9. The number of carbonyl (C=O) groups excluding carboxylic acids is 2. The summed E-state index contributed by atoms with van der Waals surface area (Å²) < 4.78 is 5.73. The Morgan fingerprint density at radius 1 is 1.20 bits per heavy atom. The molecule has 1 aromatic heterocycles. The number of carbonyl (C=O) groups is 2. The Labute approximate surface area is 147 Å². The van der Waals surface area contributed by atoms with Gasteiger partial charge in [-0.15, -0.1) is 0 Å². The van der Waals surface area contributed by atoms with Gasteiger partial charge in [-0.05, 0) is 49.9 Å². The van der Waals surface area contributed by atoms with Gasteiger partial charge in [0.25, 0.3) is 0 Å². The smallest absolute Gasteiger partial charge is 0.170 e. The molecule has 0 fully saturated rings. The SMILES string of the molecule is CCCC(=O)C1=C(O)CC(c2c(C)c(C)c(C)c3ccoc23)CC1=O. The van der Waals surface area contributed by atoms with E-state index in [1.165, 1.54) is 11.1 Å². The van der Waals surface area contributed by atoms with Gasteiger partial charge in [0.1, 0.15) is 11.3 Å². The molecule has 0 saturated carbocycles. The van der Waals surface area contributed by atoms with Crippen LogP contribution < -0.4 is 0 Å². The normalized spacial score (nSPS) is 18.2. The van der Waals surface area contributed by atoms with Crippen molar-refractivity contribution in [2.75, 3.05) is 0 Å². The zero-order valence-electron chi connectivity index (χ0n) is 15.2. The van der Waals surface area contributed by atoms with Crippen LogP contribution in [0.2, 0.25) is 0 Å². The summed E-state index contributed by atoms with van der Waals surface area (Å²) in [4.78, 5) is 24.7. The highest BCUT2D eigenvalue weighted by Crippen LogP contribution is 2.41. The second kappa shape index (κ2) is 6.51. The van der Waals surface area contributed by atoms with E-state index in [4.69, 9.17) is 4.42 Å². The monoisotopic (exact) mass is 340 g/mol. The van der Waals surface area contributed by atoms with Gasteiger partial charge in [0.15, 0.2) is 11.6 Å². The molecule has 1 unspecified atom stereocenters. The van der Waals surface area contributed by atoms with Gasteiger partial charge < -0.3 is 9.52 Å². The van der Waals surface area contributed by atoms with E-state index in [0.29, 0.717) is 19.3 Å². The predicted molar refractivity (Wildman–Crippen MR) is 97.0 cm³/mol. The number of rotatable bonds is 4. The quantitative estimate of drug-likeness (QED) is 0.797. The van der Waals surface area contributed by atoms with E-state index in [2.05, 4.69) is 13.8 Å². The Bertz CT molecular complexity index is 898. The highest BCUT2D eigenvalue weighted by atomic mass is 16.3. The van der Waals surface area contributed by atoms with Crippen molar-refractivity contribution in [1.29, 1.82) is 0 Å². The van der Waals surface area contributed by atoms with Crippen molar-refractivity contribution >= 4 is 22.5 Å². The van der Waals surface area contributed by atoms with E-state index in [9.17, 15) is 14.7 Å². The fourth-order valence-corrected chi connectivity index (χ4v) is 3.93. The highest BCUT2D eigenvalue weighted by molar-refractivity contribution is 6.21. The van der Waals surface area contributed by atoms with Crippen molar-refractivity contribution < 1.29 is 19.1 Å². The number of aliphatic hydroxyl groups is 1. The minimum absolute atomic E-state index is 0.00951. The molecule has 0 aliphatic heterocycles. The molecule has 1 aliphatic rings. The van der Waals surface area contributed by atoms with Gasteiger partial charge in [0, 0.05) is 36.1 Å². The molecule has 1 heterocycles. The number of aliphatic hydroxyl groups excluding tert-OH is 1. The first-order valence-corrected chi connectivity index (χ1v) is 8.82. The van der Waals surface area contributed by atoms with Crippen molar-refractivity contribution in [2.24, 2.45) is 0 Å². The summed E-state index contributed by atoms with van der Waals surface area (Å²) in [5.74, 6) is -0.747. The molecule has 25 heavy (non-hydrogen) atoms. The summed E-state index contributed by atoms with van der Waals surface area (Å²) in [5.41, 5.74) is 5.21. The van der Waals surface area contributed by atoms with Crippen LogP contribution in [-0.4, -0.2) is 16.7 Å². The minimum Gasteiger partial charge on any atom is -0.511 e. The molecule has 0 bridgehead atoms. The molecule has 4 heteroatoms. The maximum Gasteiger partial charge on any atom is 0.170 e. The number of benzene rings is 1. The number of hydrogen-bond acceptors (Lipinski definition) is 4. The van der Waals surface area contributed by atoms with E-state index in [0.717, 1.165) is 22.1 Å². The first-order valence-electron chi connectivity index (χ1n) is 8.82. The molecule has 4 nitrogen and oxygen atoms in total. The van der Waals surface area contributed by atoms with Crippen LogP contribution in [0, 0.1) is 20.8 Å². The van der Waals surface area contributed by atoms with Crippen LogP contribution in [0.15, 0.2) is 28.1 Å². The molecule has 0 radical (unpaired) electrons. The third-order valence-corrected chi connectivity index (χ3v) is 5.45. The number of aryl methyl sites for hydroxylation is 1. The third-order valence-electron chi connectivity index (χ3n) is 5.45. The van der Waals surface area contributed by atoms with Gasteiger partial charge in [0.05, 0.1) is 11.8 Å². The summed E-state index contributed by atoms with van der Waals surface area (Å²) in [6.45, 7) is 8.05. The Hall–Kier alpha value is -2.36. The lowest BCUT2D eigenvalue weighted by Gasteiger charge is -2.26. The summed E-state index contributed by atoms with van der Waals surface area (Å²) >= 11 is 0. The molecule has 1 aromatic carbocycles. The zero-order valence-corrected chi connectivity index (χ0v) is 15.2. The first kappa shape index (κ1) is 17.5. The molecule has 0 spiro atoms. The van der Waals surface area contributed by atoms with Crippen molar-refractivity contribution in [3.63, 3.8) is 0 Å². The Morgan fingerprint density at radius 2 is 1.92 bits per heavy atom. The molecule has 0 amide bonds. The lowest BCUT2D eigenvalue weighted by atomic mass is 9.78. The molecule has 1 N–H and O–H groups in total. The van der Waals surface area contributed by atoms with Gasteiger partial charge in [-0.1, -0.05) is 6.92 Å². The summed E-state index contributed by atoms with van der Waals surface area (Å²) in [6.07, 6.45) is 3.15. The van der Waals surface area contributed by atoms with E-state index in [-0.39, 0.29) is 35.2 Å². The number of fused-ring (bicyclic) bond motifs is 1. The standard InChI is InChI=1S/C21H24O4/c1-5-6-16(22)20-17(23)9-14(10-18(20)24)19-13(4)11(2)12(3)15-7-8-25-21(15)19/h7-8,14,23H,5-6,9-10H2,1-4H3. The molecule has 3 rings (SSSR count). The third kappa shape index (κ3) is 2.80. The molecular formula is C21H24O4. The van der Waals surface area contributed by atoms with E-state index < -0.39 is 0 Å². The van der Waals surface area contributed by atoms with Crippen molar-refractivity contribution in [1.82, 2.24) is 0 Å². The van der Waals surface area contributed by atoms with Crippen LogP contribution in [0.3, 0.4) is 0 Å². The number of Topliss-reactive ketones (excluding diaryl/α,β-unsaturated/α-hetero) is 2. The van der Waals surface area contributed by atoms with Crippen LogP contribution in [-0.2, 0) is 9.59 Å². The highest BCUT2D eigenvalue weighted by Gasteiger charge is 2.34. The molecule has 1 atom stereocenters. The molecular weight excluding hydrogens is 316 g/mol. The van der Waals surface area contributed by atoms with E-state index in [1.54, 1.807) is 6.26 Å². The van der Waals surface area contributed by atoms with Gasteiger partial charge in [-0.3, -0.25) is 9.59 Å². The number of ketones is 2. The largest absolute Gasteiger partial charge is 0.511 e. The van der Waals surface area contributed by atoms with Crippen molar-refractivity contribution in [3.05, 3.63) is 45.9 Å². The molecule has 132 valence electrons. The van der Waals surface area contributed by atoms with Gasteiger partial charge >= 0.3 is 0 Å². The van der Waals surface area contributed by atoms with Crippen LogP contribution >= 0.6 is 0 Å². The number of furan rings is 1. The van der Waals surface area contributed by atoms with Gasteiger partial charge in [0.2, 0.25) is 0 Å². The number of allylic oxidation sites excluding steroid dienone is 2. The Morgan fingerprint density at radius 3 is 2.56 bits per heavy atom. The Balaban J connectivity index is 2.09. The van der Waals surface area contributed by atoms with Gasteiger partial charge in [-0.25, -0.2) is 0 Å². The average molecular weight is 340 g/mol. The van der Waals surface area contributed by atoms with Crippen LogP contribution in [0.25, 0.3) is 11.0 Å². The average Bonchev–Trinajstić information content (AvgIpc) is 3.02. The molecule has 2 aromatic rings. The zero-order chi connectivity index (χ0) is 18.3. The van der Waals surface area contributed by atoms with Crippen LogP contribution in [0.1, 0.15) is 60.8 Å². The lowest BCUT2D eigenvalue weighted by molar-refractivity contribution is -0.122. The fourth-order valence-electron chi connectivity index (χ4n) is 3.93. The van der Waals surface area contributed by atoms with Crippen LogP contribution in [0.4, 0.5) is 0 Å².